The molecule has 1 aliphatic rings. The van der Waals surface area contributed by atoms with Crippen LogP contribution in [-0.4, -0.2) is 8.42 Å². The van der Waals surface area contributed by atoms with Gasteiger partial charge in [-0.05, 0) is 24.3 Å². The van der Waals surface area contributed by atoms with Crippen molar-refractivity contribution in [2.45, 2.75) is 0 Å². The van der Waals surface area contributed by atoms with E-state index in [0.717, 1.165) is 15.4 Å². The molecule has 1 heterocycles. The van der Waals surface area contributed by atoms with Crippen LogP contribution in [0, 0.1) is 0 Å². The van der Waals surface area contributed by atoms with E-state index in [-0.39, 0.29) is 0 Å². The summed E-state index contributed by atoms with van der Waals surface area (Å²) in [7, 11) is -3.50. The Balaban J connectivity index is 2.59. The van der Waals surface area contributed by atoms with Crippen LogP contribution in [-0.2, 0) is 10.1 Å². The Kier molecular flexibility index (Phi) is 1.92. The van der Waals surface area contributed by atoms with E-state index < -0.39 is 10.1 Å². The molecule has 0 bridgehead atoms. The molecule has 0 radical (unpaired) electrons. The molecule has 0 aromatic heterocycles. The summed E-state index contributed by atoms with van der Waals surface area (Å²) < 4.78 is 27.6. The predicted molar refractivity (Wildman–Crippen MR) is 52.7 cm³/mol. The van der Waals surface area contributed by atoms with Crippen molar-refractivity contribution in [2.75, 3.05) is 0 Å². The van der Waals surface area contributed by atoms with Crippen LogP contribution in [0.1, 0.15) is 5.56 Å². The van der Waals surface area contributed by atoms with Gasteiger partial charge in [0, 0.05) is 10.0 Å². The molecule has 0 saturated heterocycles. The van der Waals surface area contributed by atoms with Gasteiger partial charge in [-0.3, -0.25) is 0 Å². The average molecular weight is 261 g/mol. The Morgan fingerprint density at radius 1 is 1.31 bits per heavy atom. The first kappa shape index (κ1) is 8.77. The highest BCUT2D eigenvalue weighted by Crippen LogP contribution is 2.29. The van der Waals surface area contributed by atoms with Gasteiger partial charge in [0.05, 0.1) is 5.41 Å². The van der Waals surface area contributed by atoms with Crippen LogP contribution in [0.4, 0.5) is 0 Å². The van der Waals surface area contributed by atoms with Gasteiger partial charge in [0.2, 0.25) is 0 Å². The van der Waals surface area contributed by atoms with E-state index in [4.69, 9.17) is 4.18 Å². The maximum atomic E-state index is 11.0. The largest absolute Gasteiger partial charge is 0.379 e. The van der Waals surface area contributed by atoms with E-state index in [9.17, 15) is 8.42 Å². The molecule has 0 aliphatic carbocycles. The summed E-state index contributed by atoms with van der Waals surface area (Å²) in [6.07, 6.45) is 1.51. The quantitative estimate of drug-likeness (QED) is 0.672. The molecule has 0 atom stereocenters. The SMILES string of the molecule is O=S1(=O)C=Cc2cc(Br)ccc2O1. The molecule has 1 aromatic carbocycles. The van der Waals surface area contributed by atoms with Crippen LogP contribution in [0.2, 0.25) is 0 Å². The zero-order valence-electron chi connectivity index (χ0n) is 6.40. The third kappa shape index (κ3) is 1.76. The third-order valence-electron chi connectivity index (χ3n) is 1.59. The van der Waals surface area contributed by atoms with Crippen LogP contribution >= 0.6 is 15.9 Å². The Bertz CT molecular complexity index is 476. The highest BCUT2D eigenvalue weighted by atomic mass is 79.9. The van der Waals surface area contributed by atoms with Crippen molar-refractivity contribution >= 4 is 32.1 Å². The lowest BCUT2D eigenvalue weighted by Crippen LogP contribution is -2.09. The van der Waals surface area contributed by atoms with E-state index >= 15 is 0 Å². The fourth-order valence-corrected chi connectivity index (χ4v) is 2.18. The van der Waals surface area contributed by atoms with Crippen molar-refractivity contribution < 1.29 is 12.6 Å². The maximum absolute atomic E-state index is 11.0. The zero-order valence-corrected chi connectivity index (χ0v) is 8.80. The van der Waals surface area contributed by atoms with Crippen molar-refractivity contribution in [1.29, 1.82) is 0 Å². The van der Waals surface area contributed by atoms with Crippen LogP contribution in [0.15, 0.2) is 28.1 Å². The Labute approximate surface area is 84.3 Å². The van der Waals surface area contributed by atoms with Gasteiger partial charge in [-0.2, -0.15) is 8.42 Å². The molecule has 3 nitrogen and oxygen atoms in total. The van der Waals surface area contributed by atoms with E-state index in [1.165, 1.54) is 6.08 Å². The van der Waals surface area contributed by atoms with Gasteiger partial charge in [-0.25, -0.2) is 0 Å². The molecule has 1 aromatic rings. The Hall–Kier alpha value is -0.810. The molecule has 0 fully saturated rings. The van der Waals surface area contributed by atoms with E-state index in [1.807, 2.05) is 0 Å². The van der Waals surface area contributed by atoms with Crippen LogP contribution in [0.25, 0.3) is 6.08 Å². The molecule has 0 saturated carbocycles. The molecule has 13 heavy (non-hydrogen) atoms. The standard InChI is InChI=1S/C8H5BrO3S/c9-7-1-2-8-6(5-7)3-4-13(10,11)12-8/h1-5H. The summed E-state index contributed by atoms with van der Waals surface area (Å²) >= 11 is 3.28. The summed E-state index contributed by atoms with van der Waals surface area (Å²) in [5.74, 6) is 0.366. The first-order chi connectivity index (χ1) is 6.07. The zero-order chi connectivity index (χ0) is 9.47. The molecule has 0 unspecified atom stereocenters. The van der Waals surface area contributed by atoms with Crippen LogP contribution in [0.3, 0.4) is 0 Å². The second-order valence-corrected chi connectivity index (χ2v) is 4.90. The lowest BCUT2D eigenvalue weighted by atomic mass is 10.2. The van der Waals surface area contributed by atoms with Crippen molar-refractivity contribution in [2.24, 2.45) is 0 Å². The fraction of sp³-hybridized carbons (Fsp3) is 0. The first-order valence-corrected chi connectivity index (χ1v) is 5.75. The highest BCUT2D eigenvalue weighted by molar-refractivity contribution is 9.10. The summed E-state index contributed by atoms with van der Waals surface area (Å²) in [5, 5.41) is 1.04. The van der Waals surface area contributed by atoms with Gasteiger partial charge < -0.3 is 4.18 Å². The Morgan fingerprint density at radius 3 is 2.85 bits per heavy atom. The second-order valence-electron chi connectivity index (χ2n) is 2.56. The third-order valence-corrected chi connectivity index (χ3v) is 2.97. The van der Waals surface area contributed by atoms with Gasteiger partial charge in [-0.1, -0.05) is 15.9 Å². The number of hydrogen-bond donors (Lipinski definition) is 0. The monoisotopic (exact) mass is 260 g/mol. The molecule has 0 amide bonds. The molecule has 5 heteroatoms. The van der Waals surface area contributed by atoms with Crippen LogP contribution in [0.5, 0.6) is 5.75 Å². The number of benzene rings is 1. The minimum atomic E-state index is -3.50. The summed E-state index contributed by atoms with van der Waals surface area (Å²) in [4.78, 5) is 0. The lowest BCUT2D eigenvalue weighted by Gasteiger charge is -2.11. The van der Waals surface area contributed by atoms with Crippen molar-refractivity contribution in [1.82, 2.24) is 0 Å². The van der Waals surface area contributed by atoms with Gasteiger partial charge in [0.1, 0.15) is 5.75 Å². The molecule has 0 spiro atoms. The molecular weight excluding hydrogens is 256 g/mol. The molecule has 68 valence electrons. The smallest absolute Gasteiger partial charge is 0.332 e. The summed E-state index contributed by atoms with van der Waals surface area (Å²) in [6, 6.07) is 5.13. The first-order valence-electron chi connectivity index (χ1n) is 3.49. The summed E-state index contributed by atoms with van der Waals surface area (Å²) in [5.41, 5.74) is 0.754. The van der Waals surface area contributed by atoms with Gasteiger partial charge >= 0.3 is 10.1 Å². The molecule has 0 N–H and O–H groups in total. The second kappa shape index (κ2) is 2.85. The van der Waals surface area contributed by atoms with Gasteiger partial charge in [-0.15, -0.1) is 0 Å². The van der Waals surface area contributed by atoms with E-state index in [0.29, 0.717) is 5.75 Å². The number of rotatable bonds is 0. The van der Waals surface area contributed by atoms with Crippen LogP contribution < -0.4 is 4.18 Å². The normalized spacial score (nSPS) is 17.6. The molecular formula is C8H5BrO3S. The van der Waals surface area contributed by atoms with Crippen molar-refractivity contribution in [3.63, 3.8) is 0 Å². The van der Waals surface area contributed by atoms with Crippen molar-refractivity contribution in [3.8, 4) is 5.75 Å². The number of halogens is 1. The van der Waals surface area contributed by atoms with E-state index in [1.54, 1.807) is 18.2 Å². The predicted octanol–water partition coefficient (Wildman–Crippen LogP) is 2.14. The maximum Gasteiger partial charge on any atom is 0.332 e. The summed E-state index contributed by atoms with van der Waals surface area (Å²) in [6.45, 7) is 0. The minimum absolute atomic E-state index is 0.366. The topological polar surface area (TPSA) is 43.4 Å². The van der Waals surface area contributed by atoms with Gasteiger partial charge in [0.25, 0.3) is 0 Å². The minimum Gasteiger partial charge on any atom is -0.379 e. The molecule has 1 aliphatic heterocycles. The van der Waals surface area contributed by atoms with Gasteiger partial charge in [0.15, 0.2) is 0 Å². The lowest BCUT2D eigenvalue weighted by molar-refractivity contribution is 0.494. The Morgan fingerprint density at radius 2 is 2.08 bits per heavy atom. The van der Waals surface area contributed by atoms with E-state index in [2.05, 4.69) is 15.9 Å². The number of hydrogen-bond acceptors (Lipinski definition) is 3. The fourth-order valence-electron chi connectivity index (χ4n) is 1.04. The average Bonchev–Trinajstić information content (AvgIpc) is 2.05. The van der Waals surface area contributed by atoms with Crippen molar-refractivity contribution in [3.05, 3.63) is 33.6 Å². The highest BCUT2D eigenvalue weighted by Gasteiger charge is 2.16. The molecule has 2 rings (SSSR count). The number of fused-ring (bicyclic) bond motifs is 1.